The van der Waals surface area contributed by atoms with E-state index in [0.29, 0.717) is 23.8 Å². The molecule has 0 amide bonds. The number of rotatable bonds is 7. The molecule has 6 heteroatoms. The van der Waals surface area contributed by atoms with Crippen molar-refractivity contribution in [3.05, 3.63) is 47.5 Å². The summed E-state index contributed by atoms with van der Waals surface area (Å²) in [7, 11) is 4.04. The van der Waals surface area contributed by atoms with Crippen LogP contribution in [0.15, 0.2) is 30.3 Å². The molecule has 22 heavy (non-hydrogen) atoms. The maximum absolute atomic E-state index is 13.6. The number of benzene rings is 1. The average Bonchev–Trinajstić information content (AvgIpc) is 2.45. The fourth-order valence-electron chi connectivity index (χ4n) is 1.98. The number of nitrogens with zero attached hydrogens (tertiary/aromatic N) is 3. The Kier molecular flexibility index (Phi) is 5.66. The predicted molar refractivity (Wildman–Crippen MR) is 87.5 cm³/mol. The van der Waals surface area contributed by atoms with Crippen LogP contribution in [0.1, 0.15) is 11.4 Å². The van der Waals surface area contributed by atoms with E-state index in [1.165, 1.54) is 6.07 Å². The van der Waals surface area contributed by atoms with Gasteiger partial charge in [-0.3, -0.25) is 0 Å². The van der Waals surface area contributed by atoms with Gasteiger partial charge in [-0.1, -0.05) is 18.2 Å². The molecule has 0 radical (unpaired) electrons. The van der Waals surface area contributed by atoms with Crippen LogP contribution in [-0.4, -0.2) is 42.1 Å². The number of aryl methyl sites for hydroxylation is 1. The molecule has 1 aromatic carbocycles. The highest BCUT2D eigenvalue weighted by molar-refractivity contribution is 5.47. The second kappa shape index (κ2) is 7.70. The quantitative estimate of drug-likeness (QED) is 0.823. The van der Waals surface area contributed by atoms with Crippen molar-refractivity contribution in [3.8, 4) is 0 Å². The topological polar surface area (TPSA) is 53.1 Å². The van der Waals surface area contributed by atoms with Gasteiger partial charge in [-0.15, -0.1) is 0 Å². The van der Waals surface area contributed by atoms with Crippen molar-refractivity contribution in [1.82, 2.24) is 14.9 Å². The van der Waals surface area contributed by atoms with E-state index in [0.717, 1.165) is 18.9 Å². The maximum atomic E-state index is 13.6. The van der Waals surface area contributed by atoms with Gasteiger partial charge in [0.25, 0.3) is 0 Å². The molecule has 0 atom stereocenters. The summed E-state index contributed by atoms with van der Waals surface area (Å²) in [6.07, 6.45) is 0. The smallest absolute Gasteiger partial charge is 0.132 e. The molecule has 0 aliphatic rings. The summed E-state index contributed by atoms with van der Waals surface area (Å²) in [5.41, 5.74) is 0.612. The summed E-state index contributed by atoms with van der Waals surface area (Å²) >= 11 is 0. The lowest BCUT2D eigenvalue weighted by Gasteiger charge is -2.12. The van der Waals surface area contributed by atoms with E-state index in [1.54, 1.807) is 12.1 Å². The molecular formula is C16H22FN5. The fraction of sp³-hybridized carbons (Fsp3) is 0.375. The van der Waals surface area contributed by atoms with Crippen LogP contribution in [0.25, 0.3) is 0 Å². The Morgan fingerprint density at radius 2 is 1.77 bits per heavy atom. The van der Waals surface area contributed by atoms with E-state index in [4.69, 9.17) is 0 Å². The molecule has 118 valence electrons. The van der Waals surface area contributed by atoms with Crippen molar-refractivity contribution in [2.45, 2.75) is 13.5 Å². The number of aromatic nitrogens is 2. The highest BCUT2D eigenvalue weighted by atomic mass is 19.1. The third-order valence-corrected chi connectivity index (χ3v) is 3.12. The van der Waals surface area contributed by atoms with E-state index in [2.05, 4.69) is 25.5 Å². The molecule has 0 saturated carbocycles. The predicted octanol–water partition coefficient (Wildman–Crippen LogP) is 2.51. The van der Waals surface area contributed by atoms with Crippen LogP contribution in [0.2, 0.25) is 0 Å². The van der Waals surface area contributed by atoms with Gasteiger partial charge in [0, 0.05) is 31.3 Å². The molecule has 0 unspecified atom stereocenters. The second-order valence-electron chi connectivity index (χ2n) is 5.36. The molecular weight excluding hydrogens is 281 g/mol. The van der Waals surface area contributed by atoms with E-state index in [9.17, 15) is 4.39 Å². The molecule has 1 aromatic heterocycles. The van der Waals surface area contributed by atoms with Crippen molar-refractivity contribution < 1.29 is 4.39 Å². The van der Waals surface area contributed by atoms with Gasteiger partial charge in [-0.25, -0.2) is 14.4 Å². The zero-order chi connectivity index (χ0) is 15.9. The van der Waals surface area contributed by atoms with Crippen molar-refractivity contribution in [2.75, 3.05) is 37.8 Å². The van der Waals surface area contributed by atoms with Crippen LogP contribution >= 0.6 is 0 Å². The SMILES string of the molecule is Cc1nc(NCCN(C)C)cc(NCc2ccccc2F)n1. The molecule has 0 fully saturated rings. The normalized spacial score (nSPS) is 10.8. The van der Waals surface area contributed by atoms with Gasteiger partial charge in [-0.05, 0) is 27.1 Å². The summed E-state index contributed by atoms with van der Waals surface area (Å²) in [5, 5.41) is 6.40. The fourth-order valence-corrected chi connectivity index (χ4v) is 1.98. The van der Waals surface area contributed by atoms with Crippen LogP contribution in [0, 0.1) is 12.7 Å². The number of hydrogen-bond donors (Lipinski definition) is 2. The van der Waals surface area contributed by atoms with Gasteiger partial charge in [0.1, 0.15) is 23.3 Å². The van der Waals surface area contributed by atoms with Crippen molar-refractivity contribution in [1.29, 1.82) is 0 Å². The Morgan fingerprint density at radius 3 is 2.45 bits per heavy atom. The molecule has 0 spiro atoms. The minimum absolute atomic E-state index is 0.217. The van der Waals surface area contributed by atoms with Gasteiger partial charge >= 0.3 is 0 Å². The summed E-state index contributed by atoms with van der Waals surface area (Å²) in [4.78, 5) is 10.8. The van der Waals surface area contributed by atoms with E-state index in [-0.39, 0.29) is 5.82 Å². The van der Waals surface area contributed by atoms with Gasteiger partial charge in [0.2, 0.25) is 0 Å². The molecule has 2 aromatic rings. The number of hydrogen-bond acceptors (Lipinski definition) is 5. The standard InChI is InChI=1S/C16H22FN5/c1-12-20-15(18-8-9-22(2)3)10-16(21-12)19-11-13-6-4-5-7-14(13)17/h4-7,10H,8-9,11H2,1-3H3,(H2,18,19,20,21). The van der Waals surface area contributed by atoms with Gasteiger partial charge < -0.3 is 15.5 Å². The lowest BCUT2D eigenvalue weighted by atomic mass is 10.2. The van der Waals surface area contributed by atoms with E-state index >= 15 is 0 Å². The molecule has 2 rings (SSSR count). The third kappa shape index (κ3) is 4.96. The highest BCUT2D eigenvalue weighted by Crippen LogP contribution is 2.13. The summed E-state index contributed by atoms with van der Waals surface area (Å²) in [6.45, 7) is 3.95. The average molecular weight is 303 g/mol. The number of nitrogens with one attached hydrogen (secondary N) is 2. The first kappa shape index (κ1) is 16.2. The number of anilines is 2. The zero-order valence-corrected chi connectivity index (χ0v) is 13.2. The Bertz CT molecular complexity index is 615. The van der Waals surface area contributed by atoms with Crippen molar-refractivity contribution in [2.24, 2.45) is 0 Å². The van der Waals surface area contributed by atoms with Crippen LogP contribution in [0.5, 0.6) is 0 Å². The summed E-state index contributed by atoms with van der Waals surface area (Å²) in [6, 6.07) is 8.55. The first-order valence-corrected chi connectivity index (χ1v) is 7.26. The Morgan fingerprint density at radius 1 is 1.09 bits per heavy atom. The van der Waals surface area contributed by atoms with Gasteiger partial charge in [-0.2, -0.15) is 0 Å². The molecule has 2 N–H and O–H groups in total. The van der Waals surface area contributed by atoms with Gasteiger partial charge in [0.05, 0.1) is 0 Å². The Balaban J connectivity index is 1.99. The zero-order valence-electron chi connectivity index (χ0n) is 13.2. The summed E-state index contributed by atoms with van der Waals surface area (Å²) < 4.78 is 13.6. The maximum Gasteiger partial charge on any atom is 0.132 e. The Hall–Kier alpha value is -2.21. The van der Waals surface area contributed by atoms with Crippen LogP contribution in [0.3, 0.4) is 0 Å². The highest BCUT2D eigenvalue weighted by Gasteiger charge is 2.04. The molecule has 1 heterocycles. The van der Waals surface area contributed by atoms with Crippen molar-refractivity contribution in [3.63, 3.8) is 0 Å². The summed E-state index contributed by atoms with van der Waals surface area (Å²) in [5.74, 6) is 1.91. The van der Waals surface area contributed by atoms with E-state index in [1.807, 2.05) is 33.2 Å². The van der Waals surface area contributed by atoms with Crippen LogP contribution in [-0.2, 0) is 6.54 Å². The monoisotopic (exact) mass is 303 g/mol. The molecule has 0 bridgehead atoms. The molecule has 5 nitrogen and oxygen atoms in total. The van der Waals surface area contributed by atoms with Crippen LogP contribution in [0.4, 0.5) is 16.0 Å². The second-order valence-corrected chi connectivity index (χ2v) is 5.36. The third-order valence-electron chi connectivity index (χ3n) is 3.12. The first-order chi connectivity index (χ1) is 10.5. The lowest BCUT2D eigenvalue weighted by molar-refractivity contribution is 0.425. The Labute approximate surface area is 130 Å². The minimum Gasteiger partial charge on any atom is -0.369 e. The van der Waals surface area contributed by atoms with E-state index < -0.39 is 0 Å². The minimum atomic E-state index is -0.217. The molecule has 0 aliphatic heterocycles. The molecule has 0 saturated heterocycles. The van der Waals surface area contributed by atoms with Gasteiger partial charge in [0.15, 0.2) is 0 Å². The lowest BCUT2D eigenvalue weighted by Crippen LogP contribution is -2.21. The number of likely N-dealkylation sites (N-methyl/N-ethyl adjacent to an activating group) is 1. The first-order valence-electron chi connectivity index (χ1n) is 7.26. The van der Waals surface area contributed by atoms with Crippen LogP contribution < -0.4 is 10.6 Å². The van der Waals surface area contributed by atoms with Crippen molar-refractivity contribution >= 4 is 11.6 Å². The molecule has 0 aliphatic carbocycles. The largest absolute Gasteiger partial charge is 0.369 e. The number of halogens is 1.